The molecule has 2 fully saturated rings. The molecule has 2 aliphatic rings. The highest BCUT2D eigenvalue weighted by atomic mass is 16.2. The number of amides is 1. The predicted molar refractivity (Wildman–Crippen MR) is 143 cm³/mol. The molecule has 3 atom stereocenters. The van der Waals surface area contributed by atoms with Gasteiger partial charge in [0.15, 0.2) is 5.78 Å². The molecule has 6 nitrogen and oxygen atoms in total. The van der Waals surface area contributed by atoms with E-state index in [0.717, 1.165) is 64.1 Å². The Labute approximate surface area is 212 Å². The summed E-state index contributed by atoms with van der Waals surface area (Å²) in [6, 6.07) is 10.9. The summed E-state index contributed by atoms with van der Waals surface area (Å²) in [5, 5.41) is 0. The van der Waals surface area contributed by atoms with E-state index in [1.807, 2.05) is 36.2 Å². The third kappa shape index (κ3) is 7.91. The van der Waals surface area contributed by atoms with Gasteiger partial charge >= 0.3 is 0 Å². The lowest BCUT2D eigenvalue weighted by Crippen LogP contribution is -2.52. The summed E-state index contributed by atoms with van der Waals surface area (Å²) in [7, 11) is 6.09. The lowest BCUT2D eigenvalue weighted by Gasteiger charge is -2.47. The zero-order valence-electron chi connectivity index (χ0n) is 22.6. The van der Waals surface area contributed by atoms with Crippen molar-refractivity contribution in [3.8, 4) is 0 Å². The van der Waals surface area contributed by atoms with E-state index in [2.05, 4.69) is 55.0 Å². The number of hydrogen-bond donors (Lipinski definition) is 0. The van der Waals surface area contributed by atoms with Crippen molar-refractivity contribution in [1.82, 2.24) is 19.6 Å². The van der Waals surface area contributed by atoms with Crippen molar-refractivity contribution in [3.63, 3.8) is 0 Å². The maximum atomic E-state index is 13.3. The molecule has 1 aromatic rings. The van der Waals surface area contributed by atoms with Gasteiger partial charge in [-0.2, -0.15) is 0 Å². The number of benzene rings is 1. The molecule has 1 aliphatic heterocycles. The van der Waals surface area contributed by atoms with E-state index in [9.17, 15) is 9.59 Å². The summed E-state index contributed by atoms with van der Waals surface area (Å²) < 4.78 is 0. The Balaban J connectivity index is 1.56. The van der Waals surface area contributed by atoms with Gasteiger partial charge in [0.2, 0.25) is 5.91 Å². The van der Waals surface area contributed by atoms with Gasteiger partial charge in [-0.25, -0.2) is 0 Å². The van der Waals surface area contributed by atoms with E-state index >= 15 is 0 Å². The Bertz CT molecular complexity index is 853. The molecule has 194 valence electrons. The van der Waals surface area contributed by atoms with E-state index in [-0.39, 0.29) is 5.91 Å². The first-order valence-corrected chi connectivity index (χ1v) is 13.4. The van der Waals surface area contributed by atoms with E-state index in [0.29, 0.717) is 36.5 Å². The monoisotopic (exact) mass is 482 g/mol. The Hall–Kier alpha value is -2.18. The van der Waals surface area contributed by atoms with E-state index < -0.39 is 0 Å². The number of rotatable bonds is 11. The maximum Gasteiger partial charge on any atom is 0.222 e. The number of carbonyl (C=O) groups excluding carboxylic acids is 2. The fourth-order valence-corrected chi connectivity index (χ4v) is 5.88. The summed E-state index contributed by atoms with van der Waals surface area (Å²) in [6.07, 6.45) is 6.15. The third-order valence-electron chi connectivity index (χ3n) is 7.55. The van der Waals surface area contributed by atoms with E-state index in [1.165, 1.54) is 5.56 Å². The molecule has 6 heteroatoms. The van der Waals surface area contributed by atoms with Crippen LogP contribution < -0.4 is 0 Å². The lowest BCUT2D eigenvalue weighted by atomic mass is 9.72. The molecule has 0 radical (unpaired) electrons. The minimum Gasteiger partial charge on any atom is -0.383 e. The SMILES string of the molecule is CCCN1C[C@@H](CC(=O)N(CC)CCN(C)Cc2ccccc2)C[C@@H]2CC(=O)C(=CN(C)C)C[C@H]21. The van der Waals surface area contributed by atoms with Crippen LogP contribution in [0.3, 0.4) is 0 Å². The average Bonchev–Trinajstić information content (AvgIpc) is 2.81. The second kappa shape index (κ2) is 13.2. The van der Waals surface area contributed by atoms with Crippen molar-refractivity contribution < 1.29 is 9.59 Å². The quantitative estimate of drug-likeness (QED) is 0.448. The Morgan fingerprint density at radius 1 is 1.09 bits per heavy atom. The van der Waals surface area contributed by atoms with Crippen molar-refractivity contribution in [2.45, 2.75) is 58.5 Å². The number of likely N-dealkylation sites (N-methyl/N-ethyl adjacent to an activating group) is 2. The zero-order valence-corrected chi connectivity index (χ0v) is 22.6. The molecule has 1 amide bonds. The number of ketones is 1. The average molecular weight is 483 g/mol. The van der Waals surface area contributed by atoms with Crippen LogP contribution in [-0.4, -0.2) is 91.2 Å². The zero-order chi connectivity index (χ0) is 25.4. The van der Waals surface area contributed by atoms with Crippen molar-refractivity contribution in [1.29, 1.82) is 0 Å². The number of carbonyl (C=O) groups is 2. The van der Waals surface area contributed by atoms with Gasteiger partial charge < -0.3 is 14.7 Å². The van der Waals surface area contributed by atoms with Crippen LogP contribution in [0.25, 0.3) is 0 Å². The summed E-state index contributed by atoms with van der Waals surface area (Å²) in [4.78, 5) is 35.0. The molecule has 1 saturated carbocycles. The molecular weight excluding hydrogens is 436 g/mol. The first-order chi connectivity index (χ1) is 16.8. The van der Waals surface area contributed by atoms with Gasteiger partial charge in [0.25, 0.3) is 0 Å². The van der Waals surface area contributed by atoms with Crippen molar-refractivity contribution in [2.75, 3.05) is 53.9 Å². The molecule has 1 aromatic carbocycles. The van der Waals surface area contributed by atoms with E-state index in [4.69, 9.17) is 0 Å². The van der Waals surface area contributed by atoms with E-state index in [1.54, 1.807) is 0 Å². The van der Waals surface area contributed by atoms with Gasteiger partial charge in [-0.1, -0.05) is 37.3 Å². The minimum atomic E-state index is 0.260. The topological polar surface area (TPSA) is 47.1 Å². The standard InChI is InChI=1S/C29H46N4O2/c1-6-13-33-21-24(16-25-19-28(34)26(18-27(25)33)22-30(3)4)17-29(35)32(7-2)15-14-31(5)20-23-11-9-8-10-12-23/h8-12,22,24-25,27H,6-7,13-21H2,1-5H3/t24-,25-,27-/m1/s1. The normalized spacial score (nSPS) is 24.0. The molecule has 0 N–H and O–H groups in total. The fourth-order valence-electron chi connectivity index (χ4n) is 5.88. The minimum absolute atomic E-state index is 0.260. The highest BCUT2D eigenvalue weighted by molar-refractivity contribution is 5.96. The van der Waals surface area contributed by atoms with Crippen molar-refractivity contribution in [2.24, 2.45) is 11.8 Å². The first-order valence-electron chi connectivity index (χ1n) is 13.4. The molecule has 35 heavy (non-hydrogen) atoms. The van der Waals surface area contributed by atoms with Gasteiger partial charge in [-0.3, -0.25) is 14.5 Å². The van der Waals surface area contributed by atoms with Crippen LogP contribution in [0.1, 0.15) is 51.5 Å². The van der Waals surface area contributed by atoms with Crippen LogP contribution in [0.2, 0.25) is 0 Å². The highest BCUT2D eigenvalue weighted by Crippen LogP contribution is 2.39. The maximum absolute atomic E-state index is 13.3. The smallest absolute Gasteiger partial charge is 0.222 e. The van der Waals surface area contributed by atoms with Gasteiger partial charge in [-0.05, 0) is 57.2 Å². The Morgan fingerprint density at radius 3 is 2.49 bits per heavy atom. The first kappa shape index (κ1) is 27.4. The molecule has 0 unspecified atom stereocenters. The lowest BCUT2D eigenvalue weighted by molar-refractivity contribution is -0.133. The van der Waals surface area contributed by atoms with Crippen molar-refractivity contribution in [3.05, 3.63) is 47.7 Å². The highest BCUT2D eigenvalue weighted by Gasteiger charge is 2.41. The molecule has 3 rings (SSSR count). The van der Waals surface area contributed by atoms with Crippen LogP contribution in [0, 0.1) is 11.8 Å². The number of likely N-dealkylation sites (tertiary alicyclic amines) is 1. The van der Waals surface area contributed by atoms with Crippen LogP contribution in [-0.2, 0) is 16.1 Å². The van der Waals surface area contributed by atoms with Crippen LogP contribution in [0.5, 0.6) is 0 Å². The van der Waals surface area contributed by atoms with Crippen LogP contribution >= 0.6 is 0 Å². The molecule has 1 aliphatic carbocycles. The summed E-state index contributed by atoms with van der Waals surface area (Å²) in [5.74, 6) is 1.25. The second-order valence-corrected chi connectivity index (χ2v) is 10.8. The Kier molecular flexibility index (Phi) is 10.4. The third-order valence-corrected chi connectivity index (χ3v) is 7.55. The second-order valence-electron chi connectivity index (χ2n) is 10.8. The predicted octanol–water partition coefficient (Wildman–Crippen LogP) is 3.88. The van der Waals surface area contributed by atoms with Gasteiger partial charge in [0.05, 0.1) is 0 Å². The number of nitrogens with zero attached hydrogens (tertiary/aromatic N) is 4. The Morgan fingerprint density at radius 2 is 1.83 bits per heavy atom. The van der Waals surface area contributed by atoms with Crippen molar-refractivity contribution >= 4 is 11.7 Å². The largest absolute Gasteiger partial charge is 0.383 e. The fraction of sp³-hybridized carbons (Fsp3) is 0.655. The molecule has 0 bridgehead atoms. The molecular formula is C29H46N4O2. The molecule has 1 heterocycles. The summed E-state index contributed by atoms with van der Waals surface area (Å²) >= 11 is 0. The van der Waals surface area contributed by atoms with Gasteiger partial charge in [0.1, 0.15) is 0 Å². The number of fused-ring (bicyclic) bond motifs is 1. The van der Waals surface area contributed by atoms with Gasteiger partial charge in [0, 0.05) is 77.5 Å². The number of Topliss-reactive ketones (excluding diaryl/α,β-unsaturated/α-hetero) is 1. The molecule has 0 spiro atoms. The summed E-state index contributed by atoms with van der Waals surface area (Å²) in [6.45, 7) is 9.56. The number of hydrogen-bond acceptors (Lipinski definition) is 5. The van der Waals surface area contributed by atoms with Crippen LogP contribution in [0.15, 0.2) is 42.1 Å². The number of piperidine rings is 1. The van der Waals surface area contributed by atoms with Gasteiger partial charge in [-0.15, -0.1) is 0 Å². The molecule has 0 aromatic heterocycles. The summed E-state index contributed by atoms with van der Waals surface area (Å²) in [5.41, 5.74) is 2.26. The van der Waals surface area contributed by atoms with Crippen LogP contribution in [0.4, 0.5) is 0 Å². The molecule has 1 saturated heterocycles.